The molecular formula is C14H16BrNO3. The predicted octanol–water partition coefficient (Wildman–Crippen LogP) is 2.23. The van der Waals surface area contributed by atoms with Crippen LogP contribution < -0.4 is 0 Å². The van der Waals surface area contributed by atoms with E-state index in [0.29, 0.717) is 12.3 Å². The first-order valence-corrected chi connectivity index (χ1v) is 7.07. The number of aliphatic hydroxyl groups excluding tert-OH is 1. The second-order valence-corrected chi connectivity index (χ2v) is 5.05. The van der Waals surface area contributed by atoms with Gasteiger partial charge in [-0.2, -0.15) is 0 Å². The van der Waals surface area contributed by atoms with Gasteiger partial charge in [-0.15, -0.1) is 0 Å². The third kappa shape index (κ3) is 4.59. The normalized spacial score (nSPS) is 18.7. The fourth-order valence-electron chi connectivity index (χ4n) is 1.80. The summed E-state index contributed by atoms with van der Waals surface area (Å²) in [6, 6.07) is 3.68. The molecule has 1 unspecified atom stereocenters. The summed E-state index contributed by atoms with van der Waals surface area (Å²) < 4.78 is 12.1. The van der Waals surface area contributed by atoms with Crippen molar-refractivity contribution in [2.45, 2.75) is 32.2 Å². The van der Waals surface area contributed by atoms with Crippen LogP contribution in [0, 0.1) is 11.8 Å². The highest BCUT2D eigenvalue weighted by molar-refractivity contribution is 9.10. The maximum atomic E-state index is 8.67. The minimum atomic E-state index is -0.167. The summed E-state index contributed by atoms with van der Waals surface area (Å²) in [6.07, 6.45) is 3.05. The number of aliphatic hydroxyl groups is 1. The van der Waals surface area contributed by atoms with Gasteiger partial charge >= 0.3 is 0 Å². The molecule has 5 heteroatoms. The van der Waals surface area contributed by atoms with Crippen LogP contribution in [0.4, 0.5) is 0 Å². The van der Waals surface area contributed by atoms with E-state index in [1.807, 2.05) is 6.07 Å². The first-order valence-electron chi connectivity index (χ1n) is 6.28. The minimum absolute atomic E-state index is 0.130. The highest BCUT2D eigenvalue weighted by Gasteiger charge is 2.15. The van der Waals surface area contributed by atoms with Crippen LogP contribution in [-0.2, 0) is 16.1 Å². The van der Waals surface area contributed by atoms with Crippen molar-refractivity contribution >= 4 is 15.9 Å². The fraction of sp³-hybridized carbons (Fsp3) is 0.500. The van der Waals surface area contributed by atoms with Gasteiger partial charge in [-0.1, -0.05) is 5.92 Å². The van der Waals surface area contributed by atoms with Crippen molar-refractivity contribution in [3.8, 4) is 11.8 Å². The van der Waals surface area contributed by atoms with E-state index in [2.05, 4.69) is 32.8 Å². The van der Waals surface area contributed by atoms with E-state index >= 15 is 0 Å². The van der Waals surface area contributed by atoms with E-state index in [1.54, 1.807) is 6.07 Å². The fourth-order valence-corrected chi connectivity index (χ4v) is 2.14. The van der Waals surface area contributed by atoms with Gasteiger partial charge in [0.2, 0.25) is 0 Å². The molecule has 2 heterocycles. The summed E-state index contributed by atoms with van der Waals surface area (Å²) in [5.74, 6) is 5.36. The summed E-state index contributed by atoms with van der Waals surface area (Å²) >= 11 is 3.44. The number of pyridine rings is 1. The van der Waals surface area contributed by atoms with Gasteiger partial charge in [0.05, 0.1) is 12.3 Å². The molecule has 0 radical (unpaired) electrons. The van der Waals surface area contributed by atoms with Crippen molar-refractivity contribution in [2.75, 3.05) is 13.2 Å². The molecule has 2 rings (SSSR count). The van der Waals surface area contributed by atoms with Crippen molar-refractivity contribution in [1.82, 2.24) is 4.98 Å². The number of ether oxygens (including phenoxy) is 2. The van der Waals surface area contributed by atoms with E-state index in [-0.39, 0.29) is 12.9 Å². The molecule has 1 fully saturated rings. The lowest BCUT2D eigenvalue weighted by molar-refractivity contribution is -0.169. The van der Waals surface area contributed by atoms with Crippen molar-refractivity contribution in [3.63, 3.8) is 0 Å². The van der Waals surface area contributed by atoms with Crippen LogP contribution in [0.3, 0.4) is 0 Å². The second-order valence-electron chi connectivity index (χ2n) is 4.19. The molecular weight excluding hydrogens is 310 g/mol. The summed E-state index contributed by atoms with van der Waals surface area (Å²) in [6.45, 7) is 0.987. The highest BCUT2D eigenvalue weighted by atomic mass is 79.9. The van der Waals surface area contributed by atoms with Crippen LogP contribution in [0.25, 0.3) is 0 Å². The van der Waals surface area contributed by atoms with Crippen LogP contribution in [0.5, 0.6) is 0 Å². The molecule has 0 aromatic carbocycles. The largest absolute Gasteiger partial charge is 0.384 e. The molecule has 0 bridgehead atoms. The van der Waals surface area contributed by atoms with Crippen LogP contribution >= 0.6 is 15.9 Å². The molecule has 1 aromatic heterocycles. The average molecular weight is 326 g/mol. The van der Waals surface area contributed by atoms with Crippen LogP contribution in [0.1, 0.15) is 30.7 Å². The Hall–Kier alpha value is -0.930. The Bertz CT molecular complexity index is 475. The zero-order valence-electron chi connectivity index (χ0n) is 10.6. The lowest BCUT2D eigenvalue weighted by Gasteiger charge is -2.22. The number of nitrogens with zero attached hydrogens (tertiary/aromatic N) is 1. The van der Waals surface area contributed by atoms with E-state index in [4.69, 9.17) is 14.6 Å². The average Bonchev–Trinajstić information content (AvgIpc) is 2.46. The molecule has 1 N–H and O–H groups in total. The Morgan fingerprint density at radius 3 is 3.11 bits per heavy atom. The monoisotopic (exact) mass is 325 g/mol. The number of hydrogen-bond donors (Lipinski definition) is 1. The van der Waals surface area contributed by atoms with Gasteiger partial charge in [0.1, 0.15) is 12.3 Å². The second kappa shape index (κ2) is 7.61. The van der Waals surface area contributed by atoms with Gasteiger partial charge in [-0.25, -0.2) is 4.98 Å². The molecule has 0 spiro atoms. The Labute approximate surface area is 121 Å². The molecule has 1 atom stereocenters. The minimum Gasteiger partial charge on any atom is -0.384 e. The molecule has 0 saturated carbocycles. The van der Waals surface area contributed by atoms with Gasteiger partial charge in [0.25, 0.3) is 0 Å². The van der Waals surface area contributed by atoms with Gasteiger partial charge < -0.3 is 14.6 Å². The standard InChI is InChI=1S/C14H16BrNO3/c15-12-7-6-11(4-3-8-17)16-13(12)10-19-14-5-1-2-9-18-14/h6-7,14,17H,1-2,5,8-10H2. The molecule has 1 aromatic rings. The smallest absolute Gasteiger partial charge is 0.158 e. The van der Waals surface area contributed by atoms with Gasteiger partial charge in [0.15, 0.2) is 6.29 Å². The number of rotatable bonds is 3. The SMILES string of the molecule is OCC#Cc1ccc(Br)c(COC2CCCCO2)n1. The van der Waals surface area contributed by atoms with Crippen molar-refractivity contribution in [2.24, 2.45) is 0 Å². The molecule has 1 aliphatic rings. The van der Waals surface area contributed by atoms with E-state index in [0.717, 1.165) is 36.0 Å². The molecule has 0 aliphatic carbocycles. The summed E-state index contributed by atoms with van der Waals surface area (Å²) in [7, 11) is 0. The van der Waals surface area contributed by atoms with Gasteiger partial charge in [0, 0.05) is 11.1 Å². The quantitative estimate of drug-likeness (QED) is 0.866. The zero-order valence-corrected chi connectivity index (χ0v) is 12.1. The van der Waals surface area contributed by atoms with Gasteiger partial charge in [-0.3, -0.25) is 0 Å². The van der Waals surface area contributed by atoms with Crippen molar-refractivity contribution < 1.29 is 14.6 Å². The molecule has 0 amide bonds. The third-order valence-corrected chi connectivity index (χ3v) is 3.48. The van der Waals surface area contributed by atoms with Crippen LogP contribution in [0.2, 0.25) is 0 Å². The van der Waals surface area contributed by atoms with Gasteiger partial charge in [-0.05, 0) is 53.2 Å². The Morgan fingerprint density at radius 2 is 2.37 bits per heavy atom. The molecule has 102 valence electrons. The van der Waals surface area contributed by atoms with Crippen LogP contribution in [-0.4, -0.2) is 29.6 Å². The van der Waals surface area contributed by atoms with Crippen LogP contribution in [0.15, 0.2) is 16.6 Å². The molecule has 1 saturated heterocycles. The Kier molecular flexibility index (Phi) is 5.80. The number of hydrogen-bond acceptors (Lipinski definition) is 4. The molecule has 19 heavy (non-hydrogen) atoms. The molecule has 4 nitrogen and oxygen atoms in total. The first-order chi connectivity index (χ1) is 9.29. The summed E-state index contributed by atoms with van der Waals surface area (Å²) in [5.41, 5.74) is 1.42. The zero-order chi connectivity index (χ0) is 13.5. The topological polar surface area (TPSA) is 51.6 Å². The third-order valence-electron chi connectivity index (χ3n) is 2.76. The number of halogens is 1. The summed E-state index contributed by atoms with van der Waals surface area (Å²) in [5, 5.41) is 8.67. The van der Waals surface area contributed by atoms with E-state index in [9.17, 15) is 0 Å². The van der Waals surface area contributed by atoms with E-state index in [1.165, 1.54) is 0 Å². The lowest BCUT2D eigenvalue weighted by atomic mass is 10.2. The highest BCUT2D eigenvalue weighted by Crippen LogP contribution is 2.19. The lowest BCUT2D eigenvalue weighted by Crippen LogP contribution is -2.22. The predicted molar refractivity (Wildman–Crippen MR) is 74.3 cm³/mol. The molecule has 1 aliphatic heterocycles. The maximum Gasteiger partial charge on any atom is 0.158 e. The maximum absolute atomic E-state index is 8.67. The summed E-state index contributed by atoms with van der Waals surface area (Å²) in [4.78, 5) is 4.38. The number of aromatic nitrogens is 1. The van der Waals surface area contributed by atoms with Crippen molar-refractivity contribution in [3.05, 3.63) is 28.0 Å². The first kappa shape index (κ1) is 14.5. The Morgan fingerprint density at radius 1 is 1.47 bits per heavy atom. The Balaban J connectivity index is 1.98. The van der Waals surface area contributed by atoms with Crippen molar-refractivity contribution in [1.29, 1.82) is 0 Å². The van der Waals surface area contributed by atoms with E-state index < -0.39 is 0 Å².